The molecule has 0 unspecified atom stereocenters. The molecule has 0 amide bonds. The largest absolute Gasteiger partial charge is 0.381 e. The Kier molecular flexibility index (Phi) is 3.84. The van der Waals surface area contributed by atoms with E-state index < -0.39 is 0 Å². The van der Waals surface area contributed by atoms with E-state index in [4.69, 9.17) is 0 Å². The molecule has 20 heavy (non-hydrogen) atoms. The van der Waals surface area contributed by atoms with Gasteiger partial charge in [0.2, 0.25) is 0 Å². The number of anilines is 1. The maximum atomic E-state index is 3.70. The Hall–Kier alpha value is -1.28. The molecule has 2 aromatic rings. The minimum atomic E-state index is 0.595. The second-order valence-corrected chi connectivity index (χ2v) is 6.71. The van der Waals surface area contributed by atoms with Crippen molar-refractivity contribution in [2.45, 2.75) is 38.6 Å². The van der Waals surface area contributed by atoms with Crippen molar-refractivity contribution in [1.29, 1.82) is 0 Å². The van der Waals surface area contributed by atoms with Gasteiger partial charge in [0, 0.05) is 10.5 Å². The molecule has 0 heterocycles. The molecule has 1 saturated carbocycles. The van der Waals surface area contributed by atoms with Crippen LogP contribution in [0.5, 0.6) is 0 Å². The Bertz CT molecular complexity index is 577. The van der Waals surface area contributed by atoms with Crippen LogP contribution in [0.3, 0.4) is 0 Å². The molecule has 2 aromatic carbocycles. The van der Waals surface area contributed by atoms with E-state index in [0.29, 0.717) is 6.04 Å². The first kappa shape index (κ1) is 13.7. The third-order valence-electron chi connectivity index (χ3n) is 4.19. The predicted octanol–water partition coefficient (Wildman–Crippen LogP) is 5.42. The standard InChI is InChI=1S/C18H20BrN/c1-12-8-13(2)18(17(19)9-12)20-16-10-15(11-16)14-6-4-3-5-7-14/h3-9,15-16,20H,10-11H2,1-2H3. The Morgan fingerprint density at radius 1 is 1.05 bits per heavy atom. The number of aryl methyl sites for hydroxylation is 2. The zero-order valence-electron chi connectivity index (χ0n) is 12.0. The van der Waals surface area contributed by atoms with E-state index in [1.807, 2.05) is 0 Å². The van der Waals surface area contributed by atoms with Crippen molar-refractivity contribution >= 4 is 21.6 Å². The average molecular weight is 330 g/mol. The lowest BCUT2D eigenvalue weighted by molar-refractivity contribution is 0.374. The second kappa shape index (κ2) is 5.61. The van der Waals surface area contributed by atoms with E-state index in [0.717, 1.165) is 5.92 Å². The molecular formula is C18H20BrN. The molecule has 104 valence electrons. The average Bonchev–Trinajstić information content (AvgIpc) is 2.36. The Morgan fingerprint density at radius 2 is 1.75 bits per heavy atom. The maximum absolute atomic E-state index is 3.70. The van der Waals surface area contributed by atoms with Crippen LogP contribution in [0.15, 0.2) is 46.9 Å². The molecule has 0 bridgehead atoms. The van der Waals surface area contributed by atoms with Crippen LogP contribution in [0.2, 0.25) is 0 Å². The summed E-state index contributed by atoms with van der Waals surface area (Å²) in [6, 6.07) is 15.9. The van der Waals surface area contributed by atoms with Gasteiger partial charge in [-0.15, -0.1) is 0 Å². The summed E-state index contributed by atoms with van der Waals surface area (Å²) < 4.78 is 1.18. The molecule has 1 aliphatic rings. The van der Waals surface area contributed by atoms with Crippen LogP contribution in [0, 0.1) is 13.8 Å². The van der Waals surface area contributed by atoms with Gasteiger partial charge in [-0.2, -0.15) is 0 Å². The highest BCUT2D eigenvalue weighted by Crippen LogP contribution is 2.40. The van der Waals surface area contributed by atoms with E-state index >= 15 is 0 Å². The van der Waals surface area contributed by atoms with Crippen molar-refractivity contribution in [1.82, 2.24) is 0 Å². The topological polar surface area (TPSA) is 12.0 Å². The fraction of sp³-hybridized carbons (Fsp3) is 0.333. The fourth-order valence-electron chi connectivity index (χ4n) is 3.04. The Balaban J connectivity index is 1.65. The van der Waals surface area contributed by atoms with Gasteiger partial charge in [0.15, 0.2) is 0 Å². The number of halogens is 1. The lowest BCUT2D eigenvalue weighted by Gasteiger charge is -2.37. The van der Waals surface area contributed by atoms with Gasteiger partial charge in [-0.1, -0.05) is 36.4 Å². The third kappa shape index (κ3) is 2.76. The first-order valence-corrected chi connectivity index (χ1v) is 8.01. The van der Waals surface area contributed by atoms with Crippen molar-refractivity contribution in [2.24, 2.45) is 0 Å². The van der Waals surface area contributed by atoms with Gasteiger partial charge < -0.3 is 5.32 Å². The molecule has 0 saturated heterocycles. The first-order valence-electron chi connectivity index (χ1n) is 7.21. The number of rotatable bonds is 3. The number of hydrogen-bond acceptors (Lipinski definition) is 1. The number of hydrogen-bond donors (Lipinski definition) is 1. The van der Waals surface area contributed by atoms with E-state index in [9.17, 15) is 0 Å². The van der Waals surface area contributed by atoms with Crippen molar-refractivity contribution in [2.75, 3.05) is 5.32 Å². The molecule has 0 spiro atoms. The van der Waals surface area contributed by atoms with E-state index in [1.165, 1.54) is 39.7 Å². The molecule has 1 N–H and O–H groups in total. The lowest BCUT2D eigenvalue weighted by atomic mass is 9.76. The third-order valence-corrected chi connectivity index (χ3v) is 4.81. The van der Waals surface area contributed by atoms with Gasteiger partial charge >= 0.3 is 0 Å². The summed E-state index contributed by atoms with van der Waals surface area (Å²) in [5.74, 6) is 0.721. The Morgan fingerprint density at radius 3 is 2.40 bits per heavy atom. The van der Waals surface area contributed by atoms with E-state index in [2.05, 4.69) is 77.6 Å². The van der Waals surface area contributed by atoms with Gasteiger partial charge in [-0.05, 0) is 71.3 Å². The van der Waals surface area contributed by atoms with Gasteiger partial charge in [0.1, 0.15) is 0 Å². The summed E-state index contributed by atoms with van der Waals surface area (Å²) in [6.07, 6.45) is 2.45. The van der Waals surface area contributed by atoms with E-state index in [1.54, 1.807) is 0 Å². The van der Waals surface area contributed by atoms with Crippen LogP contribution in [-0.2, 0) is 0 Å². The second-order valence-electron chi connectivity index (χ2n) is 5.86. The molecule has 1 aliphatic carbocycles. The lowest BCUT2D eigenvalue weighted by Crippen LogP contribution is -2.34. The highest BCUT2D eigenvalue weighted by molar-refractivity contribution is 9.10. The van der Waals surface area contributed by atoms with E-state index in [-0.39, 0.29) is 0 Å². The van der Waals surface area contributed by atoms with Crippen LogP contribution in [-0.4, -0.2) is 6.04 Å². The first-order chi connectivity index (χ1) is 9.63. The molecule has 3 rings (SSSR count). The maximum Gasteiger partial charge on any atom is 0.0516 e. The number of nitrogens with one attached hydrogen (secondary N) is 1. The van der Waals surface area contributed by atoms with Crippen LogP contribution >= 0.6 is 15.9 Å². The molecule has 0 aromatic heterocycles. The summed E-state index contributed by atoms with van der Waals surface area (Å²) in [7, 11) is 0. The monoisotopic (exact) mass is 329 g/mol. The molecule has 1 nitrogen and oxygen atoms in total. The van der Waals surface area contributed by atoms with Crippen LogP contribution in [0.1, 0.15) is 35.4 Å². The smallest absolute Gasteiger partial charge is 0.0516 e. The summed E-state index contributed by atoms with van der Waals surface area (Å²) >= 11 is 3.68. The van der Waals surface area contributed by atoms with Crippen LogP contribution in [0.25, 0.3) is 0 Å². The van der Waals surface area contributed by atoms with Crippen molar-refractivity contribution in [3.8, 4) is 0 Å². The Labute approximate surface area is 129 Å². The summed E-state index contributed by atoms with van der Waals surface area (Å²) in [6.45, 7) is 4.31. The quantitative estimate of drug-likeness (QED) is 0.792. The zero-order chi connectivity index (χ0) is 14.1. The summed E-state index contributed by atoms with van der Waals surface area (Å²) in [5.41, 5.74) is 5.35. The van der Waals surface area contributed by atoms with Gasteiger partial charge in [0.05, 0.1) is 5.69 Å². The zero-order valence-corrected chi connectivity index (χ0v) is 13.6. The summed E-state index contributed by atoms with van der Waals surface area (Å²) in [4.78, 5) is 0. The van der Waals surface area contributed by atoms with Crippen LogP contribution in [0.4, 0.5) is 5.69 Å². The summed E-state index contributed by atoms with van der Waals surface area (Å²) in [5, 5.41) is 3.70. The van der Waals surface area contributed by atoms with Crippen molar-refractivity contribution < 1.29 is 0 Å². The minimum absolute atomic E-state index is 0.595. The fourth-order valence-corrected chi connectivity index (χ4v) is 3.82. The predicted molar refractivity (Wildman–Crippen MR) is 89.4 cm³/mol. The number of benzene rings is 2. The SMILES string of the molecule is Cc1cc(C)c(NC2CC(c3ccccc3)C2)c(Br)c1. The molecule has 2 heteroatoms. The highest BCUT2D eigenvalue weighted by Gasteiger charge is 2.30. The normalized spacial score (nSPS) is 21.4. The highest BCUT2D eigenvalue weighted by atomic mass is 79.9. The molecule has 0 radical (unpaired) electrons. The van der Waals surface area contributed by atoms with Crippen molar-refractivity contribution in [3.63, 3.8) is 0 Å². The molecule has 1 fully saturated rings. The van der Waals surface area contributed by atoms with Gasteiger partial charge in [0.25, 0.3) is 0 Å². The molecule has 0 aliphatic heterocycles. The van der Waals surface area contributed by atoms with Gasteiger partial charge in [-0.25, -0.2) is 0 Å². The molecule has 0 atom stereocenters. The molecular weight excluding hydrogens is 310 g/mol. The van der Waals surface area contributed by atoms with Crippen LogP contribution < -0.4 is 5.32 Å². The van der Waals surface area contributed by atoms with Crippen molar-refractivity contribution in [3.05, 3.63) is 63.6 Å². The van der Waals surface area contributed by atoms with Gasteiger partial charge in [-0.3, -0.25) is 0 Å². The minimum Gasteiger partial charge on any atom is -0.381 e.